The van der Waals surface area contributed by atoms with E-state index in [1.165, 1.54) is 10.6 Å². The number of para-hydroxylation sites is 1. The number of esters is 1. The first kappa shape index (κ1) is 22.6. The smallest absolute Gasteiger partial charge is 0.419 e. The zero-order chi connectivity index (χ0) is 22.8. The number of fused-ring (bicyclic) bond motifs is 3. The Balaban J connectivity index is 2.22. The molecule has 0 saturated carbocycles. The molecule has 1 aromatic heterocycles. The third kappa shape index (κ3) is 4.65. The number of allylic oxidation sites excluding steroid dienone is 1. The first-order valence-corrected chi connectivity index (χ1v) is 10.6. The van der Waals surface area contributed by atoms with E-state index in [-0.39, 0.29) is 18.9 Å². The number of amides is 1. The zero-order valence-corrected chi connectivity index (χ0v) is 18.8. The summed E-state index contributed by atoms with van der Waals surface area (Å²) in [6.45, 7) is 9.62. The van der Waals surface area contributed by atoms with Gasteiger partial charge in [-0.3, -0.25) is 9.59 Å². The highest BCUT2D eigenvalue weighted by Crippen LogP contribution is 2.39. The minimum atomic E-state index is -0.693. The van der Waals surface area contributed by atoms with Gasteiger partial charge < -0.3 is 14.4 Å². The molecule has 3 rings (SSSR count). The fourth-order valence-corrected chi connectivity index (χ4v) is 4.07. The molecule has 1 unspecified atom stereocenters. The second-order valence-electron chi connectivity index (χ2n) is 8.50. The third-order valence-electron chi connectivity index (χ3n) is 5.15. The number of carbonyl (C=O) groups excluding carboxylic acids is 3. The number of nitrogens with zero attached hydrogens (tertiary/aromatic N) is 2. The quantitative estimate of drug-likeness (QED) is 0.536. The van der Waals surface area contributed by atoms with Crippen molar-refractivity contribution in [2.45, 2.75) is 59.1 Å². The average Bonchev–Trinajstić information content (AvgIpc) is 3.02. The molecule has 1 atom stereocenters. The van der Waals surface area contributed by atoms with Gasteiger partial charge in [0.2, 0.25) is 5.91 Å². The largest absolute Gasteiger partial charge is 0.466 e. The van der Waals surface area contributed by atoms with Gasteiger partial charge in [0, 0.05) is 11.9 Å². The van der Waals surface area contributed by atoms with Crippen LogP contribution in [0.2, 0.25) is 0 Å². The summed E-state index contributed by atoms with van der Waals surface area (Å²) in [7, 11) is 0. The van der Waals surface area contributed by atoms with Gasteiger partial charge in [0.15, 0.2) is 0 Å². The highest BCUT2D eigenvalue weighted by atomic mass is 16.6. The van der Waals surface area contributed by atoms with Crippen LogP contribution < -0.4 is 0 Å². The van der Waals surface area contributed by atoms with Crippen LogP contribution in [0.3, 0.4) is 0 Å². The van der Waals surface area contributed by atoms with E-state index in [1.54, 1.807) is 45.6 Å². The highest BCUT2D eigenvalue weighted by molar-refractivity contribution is 5.95. The van der Waals surface area contributed by atoms with Gasteiger partial charge in [0.25, 0.3) is 0 Å². The second-order valence-corrected chi connectivity index (χ2v) is 8.50. The maximum Gasteiger partial charge on any atom is 0.419 e. The van der Waals surface area contributed by atoms with Gasteiger partial charge in [-0.15, -0.1) is 0 Å². The maximum atomic E-state index is 13.3. The third-order valence-corrected chi connectivity index (χ3v) is 5.15. The second kappa shape index (κ2) is 8.96. The summed E-state index contributed by atoms with van der Waals surface area (Å²) in [5.74, 6) is -0.622. The standard InChI is InChI=1S/C24H30N2O5/c1-6-10-20(27)25-14-13-17-16-11-8-9-12-18(16)26(23(29)31-24(3,4)5)22(17)19(25)15-21(28)30-7-2/h6,8-12,19H,7,13-15H2,1-5H3/b10-6+. The number of benzene rings is 1. The molecule has 0 spiro atoms. The van der Waals surface area contributed by atoms with E-state index in [9.17, 15) is 14.4 Å². The van der Waals surface area contributed by atoms with E-state index >= 15 is 0 Å². The maximum absolute atomic E-state index is 13.3. The van der Waals surface area contributed by atoms with Crippen molar-refractivity contribution in [3.05, 3.63) is 47.7 Å². The summed E-state index contributed by atoms with van der Waals surface area (Å²) in [5, 5.41) is 0.926. The summed E-state index contributed by atoms with van der Waals surface area (Å²) < 4.78 is 12.4. The van der Waals surface area contributed by atoms with E-state index < -0.39 is 23.7 Å². The minimum absolute atomic E-state index is 0.0384. The van der Waals surface area contributed by atoms with E-state index in [4.69, 9.17) is 9.47 Å². The van der Waals surface area contributed by atoms with E-state index in [1.807, 2.05) is 24.3 Å². The lowest BCUT2D eigenvalue weighted by molar-refractivity contribution is -0.145. The Hall–Kier alpha value is -3.09. The predicted octanol–water partition coefficient (Wildman–Crippen LogP) is 4.38. The van der Waals surface area contributed by atoms with Gasteiger partial charge in [0.05, 0.1) is 30.3 Å². The summed E-state index contributed by atoms with van der Waals surface area (Å²) in [4.78, 5) is 40.2. The molecule has 0 aliphatic carbocycles. The molecule has 0 fully saturated rings. The van der Waals surface area contributed by atoms with Crippen LogP contribution in [-0.4, -0.2) is 46.2 Å². The minimum Gasteiger partial charge on any atom is -0.466 e. The molecular formula is C24H30N2O5. The number of hydrogen-bond donors (Lipinski definition) is 0. The molecule has 7 heteroatoms. The van der Waals surface area contributed by atoms with Crippen molar-refractivity contribution >= 4 is 28.9 Å². The van der Waals surface area contributed by atoms with Crippen LogP contribution in [0.1, 0.15) is 58.3 Å². The van der Waals surface area contributed by atoms with Gasteiger partial charge in [-0.2, -0.15) is 0 Å². The fourth-order valence-electron chi connectivity index (χ4n) is 4.07. The van der Waals surface area contributed by atoms with Crippen LogP contribution in [0, 0.1) is 0 Å². The van der Waals surface area contributed by atoms with Crippen molar-refractivity contribution in [3.8, 4) is 0 Å². The van der Waals surface area contributed by atoms with Crippen LogP contribution in [0.4, 0.5) is 4.79 Å². The van der Waals surface area contributed by atoms with Crippen LogP contribution in [0.25, 0.3) is 10.9 Å². The van der Waals surface area contributed by atoms with Gasteiger partial charge in [-0.25, -0.2) is 9.36 Å². The van der Waals surface area contributed by atoms with Crippen LogP contribution >= 0.6 is 0 Å². The van der Waals surface area contributed by atoms with Gasteiger partial charge in [-0.1, -0.05) is 24.3 Å². The molecule has 1 amide bonds. The van der Waals surface area contributed by atoms with Crippen molar-refractivity contribution in [1.29, 1.82) is 0 Å². The number of rotatable bonds is 4. The molecule has 1 aromatic carbocycles. The van der Waals surface area contributed by atoms with Crippen LogP contribution in [0.15, 0.2) is 36.4 Å². The van der Waals surface area contributed by atoms with E-state index in [2.05, 4.69) is 0 Å². The van der Waals surface area contributed by atoms with Crippen molar-refractivity contribution in [1.82, 2.24) is 9.47 Å². The lowest BCUT2D eigenvalue weighted by atomic mass is 9.95. The summed E-state index contributed by atoms with van der Waals surface area (Å²) in [6, 6.07) is 6.96. The molecule has 31 heavy (non-hydrogen) atoms. The summed E-state index contributed by atoms with van der Waals surface area (Å²) >= 11 is 0. The van der Waals surface area contributed by atoms with Crippen LogP contribution in [-0.2, 0) is 25.5 Å². The zero-order valence-electron chi connectivity index (χ0n) is 18.8. The molecule has 7 nitrogen and oxygen atoms in total. The van der Waals surface area contributed by atoms with E-state index in [0.29, 0.717) is 24.2 Å². The Bertz CT molecular complexity index is 1030. The Kier molecular flexibility index (Phi) is 6.53. The summed E-state index contributed by atoms with van der Waals surface area (Å²) in [5.41, 5.74) is 1.59. The Labute approximate surface area is 182 Å². The summed E-state index contributed by atoms with van der Waals surface area (Å²) in [6.07, 6.45) is 3.16. The highest BCUT2D eigenvalue weighted by Gasteiger charge is 2.38. The molecule has 0 N–H and O–H groups in total. The monoisotopic (exact) mass is 426 g/mol. The molecule has 0 bridgehead atoms. The predicted molar refractivity (Wildman–Crippen MR) is 118 cm³/mol. The van der Waals surface area contributed by atoms with Crippen molar-refractivity contribution < 1.29 is 23.9 Å². The normalized spacial score (nSPS) is 16.4. The lowest BCUT2D eigenvalue weighted by Gasteiger charge is -2.36. The SMILES string of the molecule is C/C=C/C(=O)N1CCc2c(n(C(=O)OC(C)(C)C)c3ccccc23)C1CC(=O)OCC. The van der Waals surface area contributed by atoms with Gasteiger partial charge in [0.1, 0.15) is 5.60 Å². The first-order valence-electron chi connectivity index (χ1n) is 10.6. The number of hydrogen-bond acceptors (Lipinski definition) is 5. The fraction of sp³-hybridized carbons (Fsp3) is 0.458. The molecule has 1 aliphatic rings. The number of carbonyl (C=O) groups is 3. The average molecular weight is 427 g/mol. The first-order chi connectivity index (χ1) is 14.7. The molecular weight excluding hydrogens is 396 g/mol. The van der Waals surface area contributed by atoms with Crippen molar-refractivity contribution in [2.24, 2.45) is 0 Å². The van der Waals surface area contributed by atoms with Crippen molar-refractivity contribution in [2.75, 3.05) is 13.2 Å². The Morgan fingerprint density at radius 1 is 1.19 bits per heavy atom. The molecule has 2 heterocycles. The van der Waals surface area contributed by atoms with E-state index in [0.717, 1.165) is 10.9 Å². The number of ether oxygens (including phenoxy) is 2. The van der Waals surface area contributed by atoms with Crippen LogP contribution in [0.5, 0.6) is 0 Å². The topological polar surface area (TPSA) is 77.8 Å². The van der Waals surface area contributed by atoms with Crippen molar-refractivity contribution in [3.63, 3.8) is 0 Å². The molecule has 0 radical (unpaired) electrons. The van der Waals surface area contributed by atoms with Gasteiger partial charge >= 0.3 is 12.1 Å². The molecule has 1 aliphatic heterocycles. The number of aromatic nitrogens is 1. The van der Waals surface area contributed by atoms with Gasteiger partial charge in [-0.05, 0) is 58.7 Å². The Morgan fingerprint density at radius 2 is 1.90 bits per heavy atom. The molecule has 166 valence electrons. The Morgan fingerprint density at radius 3 is 2.55 bits per heavy atom. The molecule has 2 aromatic rings. The lowest BCUT2D eigenvalue weighted by Crippen LogP contribution is -2.42. The molecule has 0 saturated heterocycles.